The van der Waals surface area contributed by atoms with Gasteiger partial charge in [-0.1, -0.05) is 25.1 Å². The van der Waals surface area contributed by atoms with E-state index in [1.807, 2.05) is 31.3 Å². The predicted molar refractivity (Wildman–Crippen MR) is 82.5 cm³/mol. The molecule has 0 aliphatic heterocycles. The molecule has 0 aliphatic rings. The minimum Gasteiger partial charge on any atom is -0.357 e. The number of nitrogens with one attached hydrogen (secondary N) is 1. The van der Waals surface area contributed by atoms with Gasteiger partial charge in [-0.2, -0.15) is 4.37 Å². The minimum atomic E-state index is 0.617. The number of rotatable bonds is 4. The SMILES string of the molecule is CCc1nsc(Sc2nc(NC)nc3ccccc23)n1. The molecule has 0 fully saturated rings. The van der Waals surface area contributed by atoms with Crippen LogP contribution < -0.4 is 5.32 Å². The van der Waals surface area contributed by atoms with Gasteiger partial charge >= 0.3 is 0 Å². The van der Waals surface area contributed by atoms with E-state index in [2.05, 4.69) is 31.6 Å². The van der Waals surface area contributed by atoms with Gasteiger partial charge in [0.05, 0.1) is 5.52 Å². The summed E-state index contributed by atoms with van der Waals surface area (Å²) in [6, 6.07) is 7.98. The van der Waals surface area contributed by atoms with Crippen LogP contribution in [0.25, 0.3) is 10.9 Å². The van der Waals surface area contributed by atoms with Crippen molar-refractivity contribution >= 4 is 40.1 Å². The molecule has 0 spiro atoms. The highest BCUT2D eigenvalue weighted by Crippen LogP contribution is 2.33. The Bertz CT molecular complexity index is 740. The highest BCUT2D eigenvalue weighted by molar-refractivity contribution is 8.01. The average molecular weight is 303 g/mol. The third-order valence-electron chi connectivity index (χ3n) is 2.74. The summed E-state index contributed by atoms with van der Waals surface area (Å²) in [5, 5.41) is 4.93. The van der Waals surface area contributed by atoms with Crippen molar-refractivity contribution in [3.8, 4) is 0 Å². The first kappa shape index (κ1) is 13.3. The fourth-order valence-corrected chi connectivity index (χ4v) is 3.47. The first-order chi connectivity index (χ1) is 9.80. The quantitative estimate of drug-likeness (QED) is 0.747. The van der Waals surface area contributed by atoms with Crippen molar-refractivity contribution in [1.82, 2.24) is 19.3 Å². The molecule has 0 saturated carbocycles. The lowest BCUT2D eigenvalue weighted by molar-refractivity contribution is 0.970. The summed E-state index contributed by atoms with van der Waals surface area (Å²) in [7, 11) is 1.82. The van der Waals surface area contributed by atoms with E-state index >= 15 is 0 Å². The van der Waals surface area contributed by atoms with Crippen molar-refractivity contribution in [1.29, 1.82) is 0 Å². The molecule has 2 aromatic heterocycles. The fourth-order valence-electron chi connectivity index (χ4n) is 1.74. The summed E-state index contributed by atoms with van der Waals surface area (Å²) in [5.74, 6) is 1.50. The molecule has 0 amide bonds. The number of benzene rings is 1. The third-order valence-corrected chi connectivity index (χ3v) is 4.54. The number of aryl methyl sites for hydroxylation is 1. The normalized spacial score (nSPS) is 10.9. The predicted octanol–water partition coefficient (Wildman–Crippen LogP) is 3.24. The van der Waals surface area contributed by atoms with Gasteiger partial charge in [0.2, 0.25) is 5.95 Å². The molecule has 1 N–H and O–H groups in total. The number of para-hydroxylation sites is 1. The Morgan fingerprint density at radius 3 is 2.80 bits per heavy atom. The maximum Gasteiger partial charge on any atom is 0.224 e. The molecule has 0 saturated heterocycles. The molecule has 0 aliphatic carbocycles. The van der Waals surface area contributed by atoms with E-state index < -0.39 is 0 Å². The molecule has 3 rings (SSSR count). The smallest absolute Gasteiger partial charge is 0.224 e. The van der Waals surface area contributed by atoms with Crippen molar-refractivity contribution in [2.45, 2.75) is 22.7 Å². The van der Waals surface area contributed by atoms with Crippen molar-refractivity contribution in [2.24, 2.45) is 0 Å². The average Bonchev–Trinajstić information content (AvgIpc) is 2.94. The Morgan fingerprint density at radius 2 is 2.05 bits per heavy atom. The largest absolute Gasteiger partial charge is 0.357 e. The van der Waals surface area contributed by atoms with Gasteiger partial charge in [0.25, 0.3) is 0 Å². The van der Waals surface area contributed by atoms with Gasteiger partial charge in [-0.3, -0.25) is 0 Å². The van der Waals surface area contributed by atoms with Gasteiger partial charge < -0.3 is 5.32 Å². The van der Waals surface area contributed by atoms with Gasteiger partial charge in [0.1, 0.15) is 10.9 Å². The van der Waals surface area contributed by atoms with Crippen LogP contribution in [-0.4, -0.2) is 26.4 Å². The highest BCUT2D eigenvalue weighted by atomic mass is 32.2. The highest BCUT2D eigenvalue weighted by Gasteiger charge is 2.11. The molecule has 0 radical (unpaired) electrons. The molecular formula is C13H13N5S2. The molecular weight excluding hydrogens is 290 g/mol. The monoisotopic (exact) mass is 303 g/mol. The zero-order chi connectivity index (χ0) is 13.9. The summed E-state index contributed by atoms with van der Waals surface area (Å²) in [6.45, 7) is 2.05. The van der Waals surface area contributed by atoms with E-state index in [-0.39, 0.29) is 0 Å². The third kappa shape index (κ3) is 2.59. The van der Waals surface area contributed by atoms with Gasteiger partial charge in [-0.05, 0) is 29.4 Å². The van der Waals surface area contributed by atoms with E-state index in [4.69, 9.17) is 0 Å². The first-order valence-corrected chi connectivity index (χ1v) is 7.84. The Labute approximate surface area is 125 Å². The van der Waals surface area contributed by atoms with Crippen LogP contribution in [0.2, 0.25) is 0 Å². The Kier molecular flexibility index (Phi) is 3.79. The van der Waals surface area contributed by atoms with Gasteiger partial charge in [-0.15, -0.1) is 0 Å². The summed E-state index contributed by atoms with van der Waals surface area (Å²) in [5.41, 5.74) is 0.926. The second-order valence-electron chi connectivity index (χ2n) is 4.05. The van der Waals surface area contributed by atoms with Crippen molar-refractivity contribution in [3.63, 3.8) is 0 Å². The lowest BCUT2D eigenvalue weighted by atomic mass is 10.2. The molecule has 0 bridgehead atoms. The topological polar surface area (TPSA) is 63.6 Å². The molecule has 20 heavy (non-hydrogen) atoms. The standard InChI is InChI=1S/C13H13N5S2/c1-3-10-16-13(20-18-10)19-11-8-6-4-5-7-9(8)15-12(14-2)17-11/h4-7H,3H2,1-2H3,(H,14,15,17). The number of fused-ring (bicyclic) bond motifs is 1. The summed E-state index contributed by atoms with van der Waals surface area (Å²) in [4.78, 5) is 13.5. The Hall–Kier alpha value is -1.73. The zero-order valence-electron chi connectivity index (χ0n) is 11.1. The maximum absolute atomic E-state index is 4.53. The lowest BCUT2D eigenvalue weighted by Crippen LogP contribution is -1.98. The maximum atomic E-state index is 4.53. The molecule has 2 heterocycles. The molecule has 0 unspecified atom stereocenters. The van der Waals surface area contributed by atoms with E-state index in [9.17, 15) is 0 Å². The minimum absolute atomic E-state index is 0.617. The molecule has 3 aromatic rings. The van der Waals surface area contributed by atoms with Crippen LogP contribution >= 0.6 is 23.3 Å². The molecule has 1 aromatic carbocycles. The number of hydrogen-bond donors (Lipinski definition) is 1. The molecule has 7 heteroatoms. The van der Waals surface area contributed by atoms with Gasteiger partial charge in [0, 0.05) is 18.9 Å². The molecule has 5 nitrogen and oxygen atoms in total. The lowest BCUT2D eigenvalue weighted by Gasteiger charge is -2.06. The van der Waals surface area contributed by atoms with Crippen LogP contribution in [0.4, 0.5) is 5.95 Å². The van der Waals surface area contributed by atoms with Gasteiger partial charge in [-0.25, -0.2) is 15.0 Å². The van der Waals surface area contributed by atoms with Crippen LogP contribution in [0.3, 0.4) is 0 Å². The van der Waals surface area contributed by atoms with E-state index in [0.29, 0.717) is 5.95 Å². The zero-order valence-corrected chi connectivity index (χ0v) is 12.8. The number of anilines is 1. The summed E-state index contributed by atoms with van der Waals surface area (Å²) in [6.07, 6.45) is 0.851. The molecule has 102 valence electrons. The van der Waals surface area contributed by atoms with Crippen molar-refractivity contribution in [2.75, 3.05) is 12.4 Å². The molecule has 0 atom stereocenters. The Balaban J connectivity index is 2.04. The van der Waals surface area contributed by atoms with Crippen LogP contribution in [0.15, 0.2) is 33.6 Å². The van der Waals surface area contributed by atoms with Crippen LogP contribution in [0, 0.1) is 0 Å². The Morgan fingerprint density at radius 1 is 1.20 bits per heavy atom. The number of hydrogen-bond acceptors (Lipinski definition) is 7. The van der Waals surface area contributed by atoms with Crippen LogP contribution in [0.1, 0.15) is 12.7 Å². The second-order valence-corrected chi connectivity index (χ2v) is 6.04. The van der Waals surface area contributed by atoms with E-state index in [1.165, 1.54) is 23.3 Å². The van der Waals surface area contributed by atoms with Crippen LogP contribution in [-0.2, 0) is 6.42 Å². The fraction of sp³-hybridized carbons (Fsp3) is 0.231. The van der Waals surface area contributed by atoms with Crippen molar-refractivity contribution in [3.05, 3.63) is 30.1 Å². The van der Waals surface area contributed by atoms with Gasteiger partial charge in [0.15, 0.2) is 4.34 Å². The first-order valence-electron chi connectivity index (χ1n) is 6.25. The number of nitrogens with zero attached hydrogens (tertiary/aromatic N) is 4. The number of aromatic nitrogens is 4. The second kappa shape index (κ2) is 5.72. The summed E-state index contributed by atoms with van der Waals surface area (Å²) >= 11 is 2.95. The van der Waals surface area contributed by atoms with Crippen LogP contribution in [0.5, 0.6) is 0 Å². The van der Waals surface area contributed by atoms with E-state index in [1.54, 1.807) is 0 Å². The van der Waals surface area contributed by atoms with E-state index in [0.717, 1.165) is 32.5 Å². The van der Waals surface area contributed by atoms with Crippen molar-refractivity contribution < 1.29 is 0 Å². The summed E-state index contributed by atoms with van der Waals surface area (Å²) < 4.78 is 5.21.